The molecule has 0 atom stereocenters. The van der Waals surface area contributed by atoms with Crippen LogP contribution in [0.25, 0.3) is 6.08 Å². The summed E-state index contributed by atoms with van der Waals surface area (Å²) in [7, 11) is 0. The van der Waals surface area contributed by atoms with Crippen LogP contribution >= 0.6 is 15.9 Å². The summed E-state index contributed by atoms with van der Waals surface area (Å²) in [4.78, 5) is 34.4. The number of ether oxygens (including phenoxy) is 2. The maximum atomic E-state index is 12.1. The normalized spacial score (nSPS) is 10.6. The smallest absolute Gasteiger partial charge is 0.308 e. The average Bonchev–Trinajstić information content (AvgIpc) is 2.60. The number of hydrogen-bond acceptors (Lipinski definition) is 5. The van der Waals surface area contributed by atoms with E-state index in [1.54, 1.807) is 12.1 Å². The van der Waals surface area contributed by atoms with E-state index < -0.39 is 11.9 Å². The summed E-state index contributed by atoms with van der Waals surface area (Å²) in [5.41, 5.74) is 1.74. The van der Waals surface area contributed by atoms with Crippen molar-refractivity contribution in [2.45, 2.75) is 26.7 Å². The first-order valence-corrected chi connectivity index (χ1v) is 9.09. The molecule has 5 nitrogen and oxygen atoms in total. The Morgan fingerprint density at radius 3 is 2.19 bits per heavy atom. The van der Waals surface area contributed by atoms with Gasteiger partial charge in [-0.25, -0.2) is 0 Å². The number of aryl methyl sites for hydroxylation is 1. The van der Waals surface area contributed by atoms with Gasteiger partial charge in [0.15, 0.2) is 17.3 Å². The summed E-state index contributed by atoms with van der Waals surface area (Å²) < 4.78 is 11.1. The van der Waals surface area contributed by atoms with Crippen LogP contribution in [0.3, 0.4) is 0 Å². The van der Waals surface area contributed by atoms with Gasteiger partial charge in [0, 0.05) is 24.7 Å². The van der Waals surface area contributed by atoms with Crippen molar-refractivity contribution in [1.82, 2.24) is 0 Å². The molecule has 0 bridgehead atoms. The van der Waals surface area contributed by atoms with Crippen molar-refractivity contribution in [1.29, 1.82) is 0 Å². The summed E-state index contributed by atoms with van der Waals surface area (Å²) in [6.45, 7) is 2.52. The predicted octanol–water partition coefficient (Wildman–Crippen LogP) is 4.51. The van der Waals surface area contributed by atoms with E-state index in [0.717, 1.165) is 10.0 Å². The second-order valence-electron chi connectivity index (χ2n) is 5.82. The fraction of sp³-hybridized carbons (Fsp3) is 0.190. The van der Waals surface area contributed by atoms with Crippen LogP contribution in [0, 0.1) is 0 Å². The molecule has 0 amide bonds. The van der Waals surface area contributed by atoms with Crippen LogP contribution in [0.2, 0.25) is 0 Å². The van der Waals surface area contributed by atoms with Crippen LogP contribution in [-0.4, -0.2) is 17.7 Å². The van der Waals surface area contributed by atoms with Gasteiger partial charge in [0.1, 0.15) is 0 Å². The number of carbonyl (C=O) groups is 3. The molecule has 0 aliphatic carbocycles. The monoisotopic (exact) mass is 430 g/mol. The van der Waals surface area contributed by atoms with Crippen molar-refractivity contribution in [2.24, 2.45) is 0 Å². The Hall–Kier alpha value is -2.73. The maximum Gasteiger partial charge on any atom is 0.308 e. The highest BCUT2D eigenvalue weighted by Crippen LogP contribution is 2.29. The van der Waals surface area contributed by atoms with Gasteiger partial charge >= 0.3 is 11.9 Å². The number of halogens is 1. The zero-order valence-electron chi connectivity index (χ0n) is 15.0. The van der Waals surface area contributed by atoms with E-state index in [-0.39, 0.29) is 17.3 Å². The van der Waals surface area contributed by atoms with E-state index >= 15 is 0 Å². The fourth-order valence-electron chi connectivity index (χ4n) is 2.29. The topological polar surface area (TPSA) is 69.7 Å². The lowest BCUT2D eigenvalue weighted by Crippen LogP contribution is -2.07. The van der Waals surface area contributed by atoms with Crippen LogP contribution in [0.4, 0.5) is 0 Å². The van der Waals surface area contributed by atoms with Crippen molar-refractivity contribution < 1.29 is 23.9 Å². The molecule has 2 aromatic rings. The first kappa shape index (κ1) is 20.6. The second kappa shape index (κ2) is 9.83. The van der Waals surface area contributed by atoms with E-state index in [1.165, 1.54) is 32.1 Å². The molecule has 0 aliphatic heterocycles. The number of carbonyl (C=O) groups excluding carboxylic acids is 3. The first-order valence-electron chi connectivity index (χ1n) is 8.30. The van der Waals surface area contributed by atoms with Gasteiger partial charge in [-0.3, -0.25) is 14.4 Å². The molecule has 27 heavy (non-hydrogen) atoms. The van der Waals surface area contributed by atoms with E-state index in [0.29, 0.717) is 18.4 Å². The molecule has 6 heteroatoms. The molecule has 0 N–H and O–H groups in total. The van der Waals surface area contributed by atoms with Gasteiger partial charge in [0.05, 0.1) is 0 Å². The summed E-state index contributed by atoms with van der Waals surface area (Å²) >= 11 is 3.38. The molecular weight excluding hydrogens is 412 g/mol. The van der Waals surface area contributed by atoms with Crippen molar-refractivity contribution in [3.8, 4) is 11.5 Å². The van der Waals surface area contributed by atoms with Crippen LogP contribution in [0.5, 0.6) is 11.5 Å². The highest BCUT2D eigenvalue weighted by Gasteiger charge is 2.10. The Labute approximate surface area is 166 Å². The zero-order valence-corrected chi connectivity index (χ0v) is 16.6. The lowest BCUT2D eigenvalue weighted by molar-refractivity contribution is -0.134. The summed E-state index contributed by atoms with van der Waals surface area (Å²) in [6, 6.07) is 12.6. The molecule has 2 rings (SSSR count). The molecule has 0 saturated heterocycles. The molecule has 140 valence electrons. The van der Waals surface area contributed by atoms with Crippen molar-refractivity contribution in [2.75, 3.05) is 0 Å². The second-order valence-corrected chi connectivity index (χ2v) is 6.74. The van der Waals surface area contributed by atoms with Crippen molar-refractivity contribution in [3.63, 3.8) is 0 Å². The molecule has 0 spiro atoms. The Balaban J connectivity index is 2.03. The van der Waals surface area contributed by atoms with Crippen molar-refractivity contribution in [3.05, 3.63) is 64.1 Å². The number of benzene rings is 2. The molecular formula is C21H19BrO5. The Morgan fingerprint density at radius 1 is 0.926 bits per heavy atom. The zero-order chi connectivity index (χ0) is 19.8. The summed E-state index contributed by atoms with van der Waals surface area (Å²) in [5.74, 6) is -0.792. The molecule has 0 fully saturated rings. The number of allylic oxidation sites excluding steroid dienone is 1. The number of ketones is 1. The SMILES string of the molecule is CC(=O)Oc1ccc(/C=C/C(=O)CCc2ccc(Br)cc2)cc1OC(C)=O. The van der Waals surface area contributed by atoms with E-state index in [1.807, 2.05) is 24.3 Å². The molecule has 0 radical (unpaired) electrons. The third-order valence-corrected chi connectivity index (χ3v) is 4.04. The predicted molar refractivity (Wildman–Crippen MR) is 106 cm³/mol. The quantitative estimate of drug-likeness (QED) is 0.367. The molecule has 0 saturated carbocycles. The van der Waals surface area contributed by atoms with Gasteiger partial charge < -0.3 is 9.47 Å². The highest BCUT2D eigenvalue weighted by atomic mass is 79.9. The summed E-state index contributed by atoms with van der Waals surface area (Å²) in [6.07, 6.45) is 4.16. The number of esters is 2. The highest BCUT2D eigenvalue weighted by molar-refractivity contribution is 9.10. The Morgan fingerprint density at radius 2 is 1.56 bits per heavy atom. The lowest BCUT2D eigenvalue weighted by atomic mass is 10.1. The van der Waals surface area contributed by atoms with Gasteiger partial charge in [-0.15, -0.1) is 0 Å². The van der Waals surface area contributed by atoms with Crippen LogP contribution in [-0.2, 0) is 20.8 Å². The minimum absolute atomic E-state index is 0.0176. The number of hydrogen-bond donors (Lipinski definition) is 0. The summed E-state index contributed by atoms with van der Waals surface area (Å²) in [5, 5.41) is 0. The van der Waals surface area contributed by atoms with Gasteiger partial charge in [-0.1, -0.05) is 40.2 Å². The maximum absolute atomic E-state index is 12.1. The van der Waals surface area contributed by atoms with Gasteiger partial charge in [0.25, 0.3) is 0 Å². The standard InChI is InChI=1S/C21H19BrO5/c1-14(23)26-20-12-7-17(13-21(20)27-15(2)24)6-11-19(25)10-5-16-3-8-18(22)9-4-16/h3-4,6-9,11-13H,5,10H2,1-2H3/b11-6+. The fourth-order valence-corrected chi connectivity index (χ4v) is 2.56. The van der Waals surface area contributed by atoms with E-state index in [9.17, 15) is 14.4 Å². The Bertz CT molecular complexity index is 869. The lowest BCUT2D eigenvalue weighted by Gasteiger charge is -2.09. The third-order valence-electron chi connectivity index (χ3n) is 3.51. The molecule has 0 aromatic heterocycles. The molecule has 0 unspecified atom stereocenters. The average molecular weight is 431 g/mol. The van der Waals surface area contributed by atoms with Gasteiger partial charge in [-0.2, -0.15) is 0 Å². The first-order chi connectivity index (χ1) is 12.8. The van der Waals surface area contributed by atoms with Crippen LogP contribution in [0.1, 0.15) is 31.4 Å². The molecule has 0 heterocycles. The minimum Gasteiger partial charge on any atom is -0.423 e. The van der Waals surface area contributed by atoms with Gasteiger partial charge in [0.2, 0.25) is 0 Å². The van der Waals surface area contributed by atoms with Crippen molar-refractivity contribution >= 4 is 39.7 Å². The molecule has 0 aliphatic rings. The minimum atomic E-state index is -0.532. The van der Waals surface area contributed by atoms with Crippen LogP contribution < -0.4 is 9.47 Å². The van der Waals surface area contributed by atoms with E-state index in [2.05, 4.69) is 15.9 Å². The van der Waals surface area contributed by atoms with Gasteiger partial charge in [-0.05, 0) is 47.9 Å². The number of rotatable bonds is 7. The molecule has 2 aromatic carbocycles. The van der Waals surface area contributed by atoms with E-state index in [4.69, 9.17) is 9.47 Å². The largest absolute Gasteiger partial charge is 0.423 e. The Kier molecular flexibility index (Phi) is 7.49. The van der Waals surface area contributed by atoms with Crippen LogP contribution in [0.15, 0.2) is 53.0 Å². The third kappa shape index (κ3) is 7.19.